The van der Waals surface area contributed by atoms with Gasteiger partial charge in [-0.15, -0.1) is 0 Å². The number of esters is 1. The second kappa shape index (κ2) is 12.3. The van der Waals surface area contributed by atoms with Crippen molar-refractivity contribution in [2.75, 3.05) is 0 Å². The first-order chi connectivity index (χ1) is 25.1. The Labute approximate surface area is 305 Å². The minimum atomic E-state index is -1.46. The van der Waals surface area contributed by atoms with Gasteiger partial charge in [0.1, 0.15) is 5.82 Å². The van der Waals surface area contributed by atoms with E-state index < -0.39 is 23.1 Å². The molecule has 0 amide bonds. The van der Waals surface area contributed by atoms with Gasteiger partial charge in [0, 0.05) is 16.6 Å². The van der Waals surface area contributed by atoms with E-state index in [1.54, 1.807) is 24.3 Å². The Balaban J connectivity index is 1.03. The highest BCUT2D eigenvalue weighted by molar-refractivity contribution is 8.13. The lowest BCUT2D eigenvalue weighted by molar-refractivity contribution is -0.175. The van der Waals surface area contributed by atoms with E-state index in [1.807, 2.05) is 47.3 Å². The van der Waals surface area contributed by atoms with E-state index in [9.17, 15) is 19.1 Å². The molecule has 0 saturated heterocycles. The summed E-state index contributed by atoms with van der Waals surface area (Å²) in [5, 5.41) is 17.9. The highest BCUT2D eigenvalue weighted by Crippen LogP contribution is 2.69. The Morgan fingerprint density at radius 3 is 2.69 bits per heavy atom. The Bertz CT molecular complexity index is 2230. The van der Waals surface area contributed by atoms with Gasteiger partial charge in [0.2, 0.25) is 10.9 Å². The van der Waals surface area contributed by atoms with Crippen LogP contribution in [0, 0.1) is 34.4 Å². The molecule has 10 heteroatoms. The summed E-state index contributed by atoms with van der Waals surface area (Å²) in [6, 6.07) is 21.4. The van der Waals surface area contributed by atoms with E-state index in [0.29, 0.717) is 25.0 Å². The first kappa shape index (κ1) is 33.3. The van der Waals surface area contributed by atoms with Gasteiger partial charge < -0.3 is 14.3 Å². The molecule has 1 N–H and O–H groups in total. The molecular formula is C42H40FN3O5S. The predicted molar refractivity (Wildman–Crippen MR) is 196 cm³/mol. The number of aliphatic hydroxyl groups is 1. The lowest BCUT2D eigenvalue weighted by Crippen LogP contribution is -2.62. The molecular weight excluding hydrogens is 678 g/mol. The number of para-hydroxylation sites is 1. The number of aliphatic hydroxyl groups excluding tert-OH is 1. The number of rotatable bonds is 6. The normalized spacial score (nSPS) is 30.5. The van der Waals surface area contributed by atoms with E-state index in [2.05, 4.69) is 19.9 Å². The number of halogens is 1. The number of carbonyl (C=O) groups excluding carboxylic acids is 2. The van der Waals surface area contributed by atoms with Gasteiger partial charge in [0.15, 0.2) is 5.60 Å². The summed E-state index contributed by atoms with van der Waals surface area (Å²) in [5.41, 5.74) is 3.24. The average Bonchev–Trinajstić information content (AvgIpc) is 3.88. The van der Waals surface area contributed by atoms with Crippen molar-refractivity contribution in [3.05, 3.63) is 119 Å². The molecule has 3 aromatic heterocycles. The zero-order valence-electron chi connectivity index (χ0n) is 29.1. The number of carbonyl (C=O) groups is 2. The second-order valence-corrected chi connectivity index (χ2v) is 16.5. The molecule has 5 aromatic rings. The number of aromatic nitrogens is 3. The van der Waals surface area contributed by atoms with Gasteiger partial charge in [-0.2, -0.15) is 5.10 Å². The van der Waals surface area contributed by atoms with Gasteiger partial charge in [0.25, 0.3) is 0 Å². The number of furan rings is 1. The summed E-state index contributed by atoms with van der Waals surface area (Å²) in [4.78, 5) is 33.2. The molecule has 0 aliphatic heterocycles. The Kier molecular flexibility index (Phi) is 7.86. The maximum atomic E-state index is 14.7. The number of allylic oxidation sites excluding steroid dienone is 1. The molecule has 4 unspecified atom stereocenters. The van der Waals surface area contributed by atoms with Crippen molar-refractivity contribution in [2.24, 2.45) is 28.6 Å². The van der Waals surface area contributed by atoms with Gasteiger partial charge in [0.05, 0.1) is 41.2 Å². The predicted octanol–water partition coefficient (Wildman–Crippen LogP) is 8.36. The molecule has 2 aromatic carbocycles. The van der Waals surface area contributed by atoms with Crippen LogP contribution in [0.3, 0.4) is 0 Å². The van der Waals surface area contributed by atoms with Crippen LogP contribution < -0.4 is 0 Å². The molecule has 3 saturated carbocycles. The summed E-state index contributed by atoms with van der Waals surface area (Å²) in [7, 11) is 0. The fraction of sp³-hybridized carbons (Fsp3) is 0.381. The summed E-state index contributed by atoms with van der Waals surface area (Å²) >= 11 is 1.14. The molecule has 8 nitrogen and oxygen atoms in total. The summed E-state index contributed by atoms with van der Waals surface area (Å²) < 4.78 is 27.4. The molecule has 9 rings (SSSR count). The Hall–Kier alpha value is -4.54. The monoisotopic (exact) mass is 717 g/mol. The van der Waals surface area contributed by atoms with Gasteiger partial charge in [-0.3, -0.25) is 9.78 Å². The van der Waals surface area contributed by atoms with Crippen molar-refractivity contribution in [2.45, 2.75) is 69.8 Å². The zero-order valence-corrected chi connectivity index (χ0v) is 29.9. The molecule has 266 valence electrons. The minimum absolute atomic E-state index is 0.0472. The quantitative estimate of drug-likeness (QED) is 0.175. The molecule has 4 aliphatic carbocycles. The van der Waals surface area contributed by atoms with Crippen LogP contribution in [-0.4, -0.2) is 42.7 Å². The van der Waals surface area contributed by atoms with E-state index in [4.69, 9.17) is 19.2 Å². The molecule has 4 aliphatic rings. The Morgan fingerprint density at radius 1 is 1.06 bits per heavy atom. The number of pyridine rings is 1. The number of nitrogens with zero attached hydrogens (tertiary/aromatic N) is 3. The van der Waals surface area contributed by atoms with Crippen LogP contribution in [-0.2, 0) is 21.7 Å². The first-order valence-corrected chi connectivity index (χ1v) is 19.1. The minimum Gasteiger partial charge on any atom is -0.457 e. The third-order valence-corrected chi connectivity index (χ3v) is 14.0. The topological polar surface area (TPSA) is 107 Å². The number of ether oxygens (including phenoxy) is 1. The SMILES string of the molecule is C[C@]12Cc3cnn(-c4ccc(F)cc4)c3C=C1CCC1C2C(O)C[C@@]2(C)C1CC[C@]2(OC(=O)c1ccco1)C(=O)SCc1ccc2ccccc2n1. The molecule has 3 heterocycles. The van der Waals surface area contributed by atoms with Crippen molar-refractivity contribution in [3.8, 4) is 5.69 Å². The van der Waals surface area contributed by atoms with Crippen LogP contribution in [0.25, 0.3) is 22.7 Å². The van der Waals surface area contributed by atoms with Crippen molar-refractivity contribution in [1.29, 1.82) is 0 Å². The molecule has 3 fully saturated rings. The summed E-state index contributed by atoms with van der Waals surface area (Å²) in [5.74, 6) is -0.451. The van der Waals surface area contributed by atoms with Crippen molar-refractivity contribution in [3.63, 3.8) is 0 Å². The van der Waals surface area contributed by atoms with E-state index >= 15 is 0 Å². The number of benzene rings is 2. The third-order valence-electron chi connectivity index (χ3n) is 12.9. The largest absolute Gasteiger partial charge is 0.457 e. The van der Waals surface area contributed by atoms with Gasteiger partial charge >= 0.3 is 5.97 Å². The van der Waals surface area contributed by atoms with Gasteiger partial charge in [-0.1, -0.05) is 55.4 Å². The van der Waals surface area contributed by atoms with Crippen LogP contribution in [0.1, 0.15) is 73.5 Å². The van der Waals surface area contributed by atoms with Crippen LogP contribution >= 0.6 is 11.8 Å². The van der Waals surface area contributed by atoms with E-state index in [-0.39, 0.29) is 39.9 Å². The summed E-state index contributed by atoms with van der Waals surface area (Å²) in [6.07, 6.45) is 8.67. The van der Waals surface area contributed by atoms with Gasteiger partial charge in [-0.05, 0) is 122 Å². The van der Waals surface area contributed by atoms with Crippen molar-refractivity contribution < 1.29 is 28.2 Å². The van der Waals surface area contributed by atoms with Crippen LogP contribution in [0.2, 0.25) is 0 Å². The van der Waals surface area contributed by atoms with E-state index in [1.165, 1.54) is 24.0 Å². The Morgan fingerprint density at radius 2 is 1.88 bits per heavy atom. The molecule has 7 atom stereocenters. The third kappa shape index (κ3) is 5.05. The van der Waals surface area contributed by atoms with Gasteiger partial charge in [-0.25, -0.2) is 13.9 Å². The molecule has 0 radical (unpaired) electrons. The smallest absolute Gasteiger partial charge is 0.375 e. The highest BCUT2D eigenvalue weighted by Gasteiger charge is 2.71. The number of thioether (sulfide) groups is 1. The number of hydrogen-bond acceptors (Lipinski definition) is 8. The zero-order chi connectivity index (χ0) is 35.8. The fourth-order valence-electron chi connectivity index (χ4n) is 10.6. The van der Waals surface area contributed by atoms with Crippen LogP contribution in [0.5, 0.6) is 0 Å². The standard InChI is InChI=1S/C42H40FN3O5S/c1-40-21-26-23-44-46(30-14-11-28(43)12-15-30)34(26)20-27(40)10-16-31-32-17-18-42(41(32,2)22-35(47)37(31)40,51-38(48)36-8-5-19-50-36)39(49)52-24-29-13-9-25-6-3-4-7-33(25)45-29/h3-9,11-15,19-20,23,31-32,35,37,47H,10,16-18,21-22,24H2,1-2H3/t31?,32?,35?,37?,40-,41-,42-/m0/s1. The second-order valence-electron chi connectivity index (χ2n) is 15.5. The fourth-order valence-corrected chi connectivity index (χ4v) is 11.6. The van der Waals surface area contributed by atoms with E-state index in [0.717, 1.165) is 64.6 Å². The number of fused-ring (bicyclic) bond motifs is 7. The highest BCUT2D eigenvalue weighted by atomic mass is 32.2. The maximum absolute atomic E-state index is 14.7. The molecule has 52 heavy (non-hydrogen) atoms. The number of hydrogen-bond donors (Lipinski definition) is 1. The molecule has 0 bridgehead atoms. The first-order valence-electron chi connectivity index (χ1n) is 18.1. The van der Waals surface area contributed by atoms with Crippen LogP contribution in [0.4, 0.5) is 4.39 Å². The lowest BCUT2D eigenvalue weighted by Gasteiger charge is -2.60. The lowest BCUT2D eigenvalue weighted by atomic mass is 9.45. The molecule has 0 spiro atoms. The van der Waals surface area contributed by atoms with Crippen molar-refractivity contribution in [1.82, 2.24) is 14.8 Å². The summed E-state index contributed by atoms with van der Waals surface area (Å²) in [6.45, 7) is 4.34. The van der Waals surface area contributed by atoms with Crippen LogP contribution in [0.15, 0.2) is 95.2 Å². The van der Waals surface area contributed by atoms with Crippen molar-refractivity contribution >= 4 is 39.8 Å². The average molecular weight is 718 g/mol. The maximum Gasteiger partial charge on any atom is 0.375 e.